The summed E-state index contributed by atoms with van der Waals surface area (Å²) in [6, 6.07) is 5.39. The molecule has 2 rings (SSSR count). The highest BCUT2D eigenvalue weighted by atomic mass is 32.2. The molecule has 0 bridgehead atoms. The van der Waals surface area contributed by atoms with E-state index in [0.29, 0.717) is 23.8 Å². The molecule has 0 aliphatic heterocycles. The van der Waals surface area contributed by atoms with E-state index in [1.807, 2.05) is 12.1 Å². The molecule has 0 radical (unpaired) electrons. The van der Waals surface area contributed by atoms with Crippen LogP contribution in [0, 0.1) is 0 Å². The van der Waals surface area contributed by atoms with Gasteiger partial charge in [0.15, 0.2) is 0 Å². The smallest absolute Gasteiger partial charge is 0.354 e. The van der Waals surface area contributed by atoms with Gasteiger partial charge >= 0.3 is 5.97 Å². The number of nitrogens with zero attached hydrogens (tertiary/aromatic N) is 1. The second kappa shape index (κ2) is 8.30. The Bertz CT molecular complexity index is 714. The average Bonchev–Trinajstić information content (AvgIpc) is 2.95. The molecule has 7 heteroatoms. The molecule has 24 heavy (non-hydrogen) atoms. The minimum Gasteiger partial charge on any atom is -0.495 e. The van der Waals surface area contributed by atoms with Gasteiger partial charge in [-0.2, -0.15) is 11.8 Å². The lowest BCUT2D eigenvalue weighted by atomic mass is 10.2. The number of carbonyl (C=O) groups is 1. The molecule has 6 nitrogen and oxygen atoms in total. The number of fused-ring (bicyclic) bond motifs is 1. The first-order chi connectivity index (χ1) is 11.5. The Kier molecular flexibility index (Phi) is 6.39. The van der Waals surface area contributed by atoms with Crippen LogP contribution in [0.1, 0.15) is 16.9 Å². The zero-order valence-electron chi connectivity index (χ0n) is 14.5. The van der Waals surface area contributed by atoms with E-state index >= 15 is 0 Å². The molecule has 0 saturated carbocycles. The predicted octanol–water partition coefficient (Wildman–Crippen LogP) is 2.43. The molecule has 0 aliphatic carbocycles. The topological polar surface area (TPSA) is 75.7 Å². The number of hydrogen-bond acceptors (Lipinski definition) is 6. The van der Waals surface area contributed by atoms with Crippen LogP contribution in [0.5, 0.6) is 11.5 Å². The van der Waals surface area contributed by atoms with Crippen LogP contribution < -0.4 is 15.2 Å². The summed E-state index contributed by atoms with van der Waals surface area (Å²) in [6.07, 6.45) is 2.95. The summed E-state index contributed by atoms with van der Waals surface area (Å²) in [5.41, 5.74) is 7.29. The summed E-state index contributed by atoms with van der Waals surface area (Å²) in [7, 11) is 4.75. The van der Waals surface area contributed by atoms with Gasteiger partial charge in [0.25, 0.3) is 0 Å². The molecule has 0 unspecified atom stereocenters. The number of thioether (sulfide) groups is 1. The molecule has 1 aromatic carbocycles. The zero-order chi connectivity index (χ0) is 17.7. The van der Waals surface area contributed by atoms with Gasteiger partial charge in [-0.1, -0.05) is 0 Å². The fourth-order valence-electron chi connectivity index (χ4n) is 2.55. The van der Waals surface area contributed by atoms with Crippen LogP contribution in [0.15, 0.2) is 18.2 Å². The van der Waals surface area contributed by atoms with Crippen LogP contribution >= 0.6 is 11.8 Å². The van der Waals surface area contributed by atoms with E-state index in [1.165, 1.54) is 7.11 Å². The highest BCUT2D eigenvalue weighted by molar-refractivity contribution is 7.98. The highest BCUT2D eigenvalue weighted by Crippen LogP contribution is 2.35. The maximum absolute atomic E-state index is 12.0. The Hall–Kier alpha value is -1.86. The van der Waals surface area contributed by atoms with Gasteiger partial charge in [-0.05, 0) is 36.6 Å². The van der Waals surface area contributed by atoms with Gasteiger partial charge in [0, 0.05) is 18.5 Å². The Morgan fingerprint density at radius 2 is 2.04 bits per heavy atom. The normalized spacial score (nSPS) is 12.2. The maximum atomic E-state index is 12.0. The van der Waals surface area contributed by atoms with Crippen molar-refractivity contribution in [3.63, 3.8) is 0 Å². The van der Waals surface area contributed by atoms with E-state index in [1.54, 1.807) is 36.6 Å². The van der Waals surface area contributed by atoms with Crippen molar-refractivity contribution in [3.8, 4) is 11.5 Å². The molecule has 2 aromatic rings. The minimum absolute atomic E-state index is 0.0293. The SMILES string of the molecule is COC(=O)c1cc2c(OC[C@@H](N)CCSC)ccc(OC)c2n1C. The van der Waals surface area contributed by atoms with E-state index in [-0.39, 0.29) is 6.04 Å². The summed E-state index contributed by atoms with van der Waals surface area (Å²) in [6.45, 7) is 0.421. The van der Waals surface area contributed by atoms with Gasteiger partial charge in [0.05, 0.1) is 19.7 Å². The lowest BCUT2D eigenvalue weighted by molar-refractivity contribution is 0.0590. The monoisotopic (exact) mass is 352 g/mol. The van der Waals surface area contributed by atoms with Crippen LogP contribution in [0.2, 0.25) is 0 Å². The molecule has 1 heterocycles. The number of aromatic nitrogens is 1. The van der Waals surface area contributed by atoms with Crippen molar-refractivity contribution < 1.29 is 19.0 Å². The molecular formula is C17H24N2O4S. The van der Waals surface area contributed by atoms with Crippen molar-refractivity contribution in [2.24, 2.45) is 12.8 Å². The number of nitrogens with two attached hydrogens (primary N) is 1. The van der Waals surface area contributed by atoms with Crippen LogP contribution in [-0.2, 0) is 11.8 Å². The summed E-state index contributed by atoms with van der Waals surface area (Å²) >= 11 is 1.76. The molecule has 0 saturated heterocycles. The van der Waals surface area contributed by atoms with Crippen LogP contribution in [0.25, 0.3) is 10.9 Å². The Morgan fingerprint density at radius 1 is 1.33 bits per heavy atom. The van der Waals surface area contributed by atoms with Crippen molar-refractivity contribution in [2.75, 3.05) is 32.8 Å². The number of benzene rings is 1. The van der Waals surface area contributed by atoms with Gasteiger partial charge in [-0.3, -0.25) is 0 Å². The predicted molar refractivity (Wildman–Crippen MR) is 97.3 cm³/mol. The molecule has 1 atom stereocenters. The number of hydrogen-bond donors (Lipinski definition) is 1. The summed E-state index contributed by atoms with van der Waals surface area (Å²) in [5, 5.41) is 0.800. The number of carbonyl (C=O) groups excluding carboxylic acids is 1. The van der Waals surface area contributed by atoms with Crippen LogP contribution in [-0.4, -0.2) is 49.4 Å². The average molecular weight is 352 g/mol. The van der Waals surface area contributed by atoms with Gasteiger partial charge in [0.2, 0.25) is 0 Å². The fourth-order valence-corrected chi connectivity index (χ4v) is 3.09. The van der Waals surface area contributed by atoms with Crippen molar-refractivity contribution in [1.82, 2.24) is 4.57 Å². The number of aryl methyl sites for hydroxylation is 1. The molecular weight excluding hydrogens is 328 g/mol. The first kappa shape index (κ1) is 18.5. The second-order valence-corrected chi connectivity index (χ2v) is 6.45. The molecule has 0 spiro atoms. The largest absolute Gasteiger partial charge is 0.495 e. The van der Waals surface area contributed by atoms with E-state index < -0.39 is 5.97 Å². The van der Waals surface area contributed by atoms with E-state index in [0.717, 1.165) is 23.1 Å². The number of rotatable bonds is 8. The number of esters is 1. The van der Waals surface area contributed by atoms with E-state index in [9.17, 15) is 4.79 Å². The third kappa shape index (κ3) is 3.79. The minimum atomic E-state index is -0.404. The molecule has 1 aromatic heterocycles. The molecule has 0 aliphatic rings. The van der Waals surface area contributed by atoms with E-state index in [2.05, 4.69) is 6.26 Å². The first-order valence-electron chi connectivity index (χ1n) is 7.65. The van der Waals surface area contributed by atoms with Crippen LogP contribution in [0.3, 0.4) is 0 Å². The van der Waals surface area contributed by atoms with Crippen LogP contribution in [0.4, 0.5) is 0 Å². The zero-order valence-corrected chi connectivity index (χ0v) is 15.3. The fraction of sp³-hybridized carbons (Fsp3) is 0.471. The van der Waals surface area contributed by atoms with Crippen molar-refractivity contribution >= 4 is 28.6 Å². The first-order valence-corrected chi connectivity index (χ1v) is 9.04. The quantitative estimate of drug-likeness (QED) is 0.736. The van der Waals surface area contributed by atoms with E-state index in [4.69, 9.17) is 19.9 Å². The molecule has 0 amide bonds. The number of methoxy groups -OCH3 is 2. The number of ether oxygens (including phenoxy) is 3. The Balaban J connectivity index is 2.36. The highest BCUT2D eigenvalue weighted by Gasteiger charge is 2.19. The molecule has 2 N–H and O–H groups in total. The van der Waals surface area contributed by atoms with Crippen molar-refractivity contribution in [3.05, 3.63) is 23.9 Å². The van der Waals surface area contributed by atoms with Gasteiger partial charge in [0.1, 0.15) is 23.8 Å². The lowest BCUT2D eigenvalue weighted by Gasteiger charge is -2.14. The third-order valence-electron chi connectivity index (χ3n) is 3.88. The third-order valence-corrected chi connectivity index (χ3v) is 4.52. The summed E-state index contributed by atoms with van der Waals surface area (Å²) in [4.78, 5) is 12.0. The van der Waals surface area contributed by atoms with Crippen molar-refractivity contribution in [2.45, 2.75) is 12.5 Å². The van der Waals surface area contributed by atoms with Gasteiger partial charge in [-0.15, -0.1) is 0 Å². The van der Waals surface area contributed by atoms with Gasteiger partial charge in [-0.25, -0.2) is 4.79 Å². The van der Waals surface area contributed by atoms with Crippen molar-refractivity contribution in [1.29, 1.82) is 0 Å². The second-order valence-electron chi connectivity index (χ2n) is 5.46. The lowest BCUT2D eigenvalue weighted by Crippen LogP contribution is -2.28. The summed E-state index contributed by atoms with van der Waals surface area (Å²) in [5.74, 6) is 1.94. The standard InChI is InChI=1S/C17H24N2O4S/c1-19-13(17(20)22-3)9-12-14(5-6-15(21-2)16(12)19)23-10-11(18)7-8-24-4/h5-6,9,11H,7-8,10,18H2,1-4H3/t11-/m0/s1. The Labute approximate surface area is 146 Å². The Morgan fingerprint density at radius 3 is 2.67 bits per heavy atom. The van der Waals surface area contributed by atoms with Gasteiger partial charge < -0.3 is 24.5 Å². The molecule has 132 valence electrons. The maximum Gasteiger partial charge on any atom is 0.354 e. The summed E-state index contributed by atoms with van der Waals surface area (Å²) < 4.78 is 17.9. The molecule has 0 fully saturated rings.